The Morgan fingerprint density at radius 2 is 1.90 bits per heavy atom. The van der Waals surface area contributed by atoms with E-state index in [4.69, 9.17) is 0 Å². The van der Waals surface area contributed by atoms with Crippen molar-refractivity contribution >= 4 is 21.8 Å². The summed E-state index contributed by atoms with van der Waals surface area (Å²) in [7, 11) is 1.91. The van der Waals surface area contributed by atoms with Gasteiger partial charge in [0.05, 0.1) is 11.7 Å². The van der Waals surface area contributed by atoms with Gasteiger partial charge in [0.2, 0.25) is 0 Å². The summed E-state index contributed by atoms with van der Waals surface area (Å²) in [6.07, 6.45) is 2.79. The molecule has 0 unspecified atom stereocenters. The highest BCUT2D eigenvalue weighted by molar-refractivity contribution is 9.08. The molecule has 0 radical (unpaired) electrons. The SMILES string of the molecule is Cc1cc([C@H](C)N2CCc3c(cc(CBr)cc3-c3cn(C)nc3C)C2=O)ccc1F. The van der Waals surface area contributed by atoms with E-state index in [2.05, 4.69) is 27.1 Å². The van der Waals surface area contributed by atoms with E-state index in [1.165, 1.54) is 6.07 Å². The van der Waals surface area contributed by atoms with Crippen molar-refractivity contribution in [2.24, 2.45) is 7.05 Å². The van der Waals surface area contributed by atoms with Gasteiger partial charge >= 0.3 is 0 Å². The number of carbonyl (C=O) groups excluding carboxylic acids is 1. The molecule has 2 heterocycles. The Bertz CT molecular complexity index is 1140. The van der Waals surface area contributed by atoms with Crippen molar-refractivity contribution < 1.29 is 9.18 Å². The zero-order chi connectivity index (χ0) is 21.6. The van der Waals surface area contributed by atoms with Crippen LogP contribution in [0.15, 0.2) is 36.5 Å². The summed E-state index contributed by atoms with van der Waals surface area (Å²) in [5.74, 6) is -0.198. The fourth-order valence-corrected chi connectivity index (χ4v) is 4.66. The molecule has 0 bridgehead atoms. The topological polar surface area (TPSA) is 38.1 Å². The summed E-state index contributed by atoms with van der Waals surface area (Å²) in [6.45, 7) is 6.39. The molecule has 30 heavy (non-hydrogen) atoms. The Hall–Kier alpha value is -2.47. The van der Waals surface area contributed by atoms with Gasteiger partial charge in [-0.1, -0.05) is 28.1 Å². The summed E-state index contributed by atoms with van der Waals surface area (Å²) in [5, 5.41) is 5.16. The third-order valence-electron chi connectivity index (χ3n) is 5.99. The normalized spacial score (nSPS) is 14.7. The summed E-state index contributed by atoms with van der Waals surface area (Å²) in [6, 6.07) is 9.12. The van der Waals surface area contributed by atoms with Crippen LogP contribution in [0, 0.1) is 19.7 Å². The Morgan fingerprint density at radius 1 is 1.17 bits per heavy atom. The lowest BCUT2D eigenvalue weighted by Crippen LogP contribution is -2.39. The molecular weight excluding hydrogens is 445 g/mol. The third-order valence-corrected chi connectivity index (χ3v) is 6.64. The van der Waals surface area contributed by atoms with Crippen molar-refractivity contribution in [3.63, 3.8) is 0 Å². The molecule has 4 nitrogen and oxygen atoms in total. The predicted molar refractivity (Wildman–Crippen MR) is 120 cm³/mol. The van der Waals surface area contributed by atoms with Crippen molar-refractivity contribution in [3.8, 4) is 11.1 Å². The van der Waals surface area contributed by atoms with E-state index in [0.29, 0.717) is 17.4 Å². The molecule has 0 saturated heterocycles. The number of halogens is 2. The molecule has 1 atom stereocenters. The van der Waals surface area contributed by atoms with Crippen LogP contribution in [-0.4, -0.2) is 27.1 Å². The fraction of sp³-hybridized carbons (Fsp3) is 0.333. The largest absolute Gasteiger partial charge is 0.332 e. The number of benzene rings is 2. The van der Waals surface area contributed by atoms with E-state index in [1.807, 2.05) is 48.8 Å². The highest BCUT2D eigenvalue weighted by Gasteiger charge is 2.31. The molecule has 156 valence electrons. The van der Waals surface area contributed by atoms with Crippen LogP contribution in [0.2, 0.25) is 0 Å². The van der Waals surface area contributed by atoms with Crippen LogP contribution in [0.4, 0.5) is 4.39 Å². The van der Waals surface area contributed by atoms with Crippen LogP contribution in [0.1, 0.15) is 51.3 Å². The van der Waals surface area contributed by atoms with Gasteiger partial charge in [-0.3, -0.25) is 9.48 Å². The minimum Gasteiger partial charge on any atom is -0.332 e. The van der Waals surface area contributed by atoms with Crippen molar-refractivity contribution in [2.75, 3.05) is 6.54 Å². The highest BCUT2D eigenvalue weighted by Crippen LogP contribution is 2.36. The van der Waals surface area contributed by atoms with E-state index in [1.54, 1.807) is 13.0 Å². The molecule has 0 spiro atoms. The van der Waals surface area contributed by atoms with Gasteiger partial charge in [-0.15, -0.1) is 0 Å². The second-order valence-electron chi connectivity index (χ2n) is 8.04. The van der Waals surface area contributed by atoms with Crippen LogP contribution in [0.3, 0.4) is 0 Å². The number of hydrogen-bond donors (Lipinski definition) is 0. The number of amides is 1. The quantitative estimate of drug-likeness (QED) is 0.473. The van der Waals surface area contributed by atoms with E-state index in [-0.39, 0.29) is 17.8 Å². The van der Waals surface area contributed by atoms with E-state index < -0.39 is 0 Å². The fourth-order valence-electron chi connectivity index (χ4n) is 4.34. The molecule has 6 heteroatoms. The lowest BCUT2D eigenvalue weighted by Gasteiger charge is -2.35. The maximum Gasteiger partial charge on any atom is 0.254 e. The number of carbonyl (C=O) groups is 1. The molecule has 1 aliphatic rings. The molecule has 1 aromatic heterocycles. The van der Waals surface area contributed by atoms with Gasteiger partial charge in [0, 0.05) is 36.2 Å². The standard InChI is InChI=1S/C24H25BrFN3O/c1-14-9-18(5-6-23(14)26)16(3)29-8-7-19-20(22-13-28(4)27-15(22)2)10-17(12-25)11-21(19)24(29)30/h5-6,9-11,13,16H,7-8,12H2,1-4H3/t16-/m0/s1. The van der Waals surface area contributed by atoms with Gasteiger partial charge in [-0.2, -0.15) is 5.10 Å². The van der Waals surface area contributed by atoms with Crippen molar-refractivity contribution in [1.29, 1.82) is 0 Å². The predicted octanol–water partition coefficient (Wildman–Crippen LogP) is 5.50. The van der Waals surface area contributed by atoms with Crippen LogP contribution in [-0.2, 0) is 18.8 Å². The third kappa shape index (κ3) is 3.58. The first-order valence-electron chi connectivity index (χ1n) is 10.1. The van der Waals surface area contributed by atoms with Gasteiger partial charge in [0.1, 0.15) is 5.82 Å². The Kier molecular flexibility index (Phi) is 5.53. The molecule has 4 rings (SSSR count). The molecule has 2 aromatic carbocycles. The van der Waals surface area contributed by atoms with Crippen molar-refractivity contribution in [3.05, 3.63) is 75.9 Å². The zero-order valence-electron chi connectivity index (χ0n) is 17.7. The van der Waals surface area contributed by atoms with Crippen LogP contribution < -0.4 is 0 Å². The second-order valence-corrected chi connectivity index (χ2v) is 8.60. The Morgan fingerprint density at radius 3 is 2.53 bits per heavy atom. The van der Waals surface area contributed by atoms with Crippen molar-refractivity contribution in [2.45, 2.75) is 38.6 Å². The van der Waals surface area contributed by atoms with Crippen molar-refractivity contribution in [1.82, 2.24) is 14.7 Å². The molecule has 0 N–H and O–H groups in total. The number of hydrogen-bond acceptors (Lipinski definition) is 2. The Labute approximate surface area is 184 Å². The number of rotatable bonds is 4. The van der Waals surface area contributed by atoms with Gasteiger partial charge in [0.15, 0.2) is 0 Å². The average Bonchev–Trinajstić information content (AvgIpc) is 3.07. The first-order chi connectivity index (χ1) is 14.3. The van der Waals surface area contributed by atoms with Gasteiger partial charge < -0.3 is 4.90 Å². The second kappa shape index (κ2) is 7.99. The molecule has 3 aromatic rings. The van der Waals surface area contributed by atoms with E-state index >= 15 is 0 Å². The van der Waals surface area contributed by atoms with Gasteiger partial charge in [-0.05, 0) is 73.2 Å². The summed E-state index contributed by atoms with van der Waals surface area (Å²) in [5.41, 5.74) is 7.56. The van der Waals surface area contributed by atoms with Gasteiger partial charge in [0.25, 0.3) is 5.91 Å². The molecule has 1 amide bonds. The number of fused-ring (bicyclic) bond motifs is 1. The number of alkyl halides is 1. The monoisotopic (exact) mass is 469 g/mol. The number of nitrogens with zero attached hydrogens (tertiary/aromatic N) is 3. The molecule has 1 aliphatic heterocycles. The summed E-state index contributed by atoms with van der Waals surface area (Å²) >= 11 is 3.55. The lowest BCUT2D eigenvalue weighted by molar-refractivity contribution is 0.0673. The lowest BCUT2D eigenvalue weighted by atomic mass is 9.88. The van der Waals surface area contributed by atoms with Gasteiger partial charge in [-0.25, -0.2) is 4.39 Å². The zero-order valence-corrected chi connectivity index (χ0v) is 19.3. The van der Waals surface area contributed by atoms with E-state index in [0.717, 1.165) is 45.5 Å². The maximum absolute atomic E-state index is 13.7. The van der Waals surface area contributed by atoms with Crippen LogP contribution >= 0.6 is 15.9 Å². The minimum absolute atomic E-state index is 0.0244. The first-order valence-corrected chi connectivity index (χ1v) is 11.2. The average molecular weight is 470 g/mol. The van der Waals surface area contributed by atoms with E-state index in [9.17, 15) is 9.18 Å². The summed E-state index contributed by atoms with van der Waals surface area (Å²) in [4.78, 5) is 15.4. The molecule has 0 saturated carbocycles. The molecule has 0 aliphatic carbocycles. The number of aryl methyl sites for hydroxylation is 3. The number of aromatic nitrogens is 2. The Balaban J connectivity index is 1.76. The maximum atomic E-state index is 13.7. The smallest absolute Gasteiger partial charge is 0.254 e. The highest BCUT2D eigenvalue weighted by atomic mass is 79.9. The molecule has 0 fully saturated rings. The minimum atomic E-state index is -0.222. The first kappa shape index (κ1) is 20.8. The molecular formula is C24H25BrFN3O. The summed E-state index contributed by atoms with van der Waals surface area (Å²) < 4.78 is 15.5. The van der Waals surface area contributed by atoms with Crippen LogP contribution in [0.5, 0.6) is 0 Å². The van der Waals surface area contributed by atoms with Crippen LogP contribution in [0.25, 0.3) is 11.1 Å².